The Bertz CT molecular complexity index is 4320. The van der Waals surface area contributed by atoms with Crippen LogP contribution < -0.4 is 4.90 Å². The second-order valence-corrected chi connectivity index (χ2v) is 21.7. The van der Waals surface area contributed by atoms with Crippen molar-refractivity contribution in [3.8, 4) is 44.5 Å². The van der Waals surface area contributed by atoms with E-state index in [9.17, 15) is 0 Å². The third-order valence-corrected chi connectivity index (χ3v) is 17.9. The van der Waals surface area contributed by atoms with E-state index < -0.39 is 5.41 Å². The summed E-state index contributed by atoms with van der Waals surface area (Å²) in [6, 6.07) is 81.1. The maximum Gasteiger partial charge on any atom is 0.0726 e. The lowest BCUT2D eigenvalue weighted by molar-refractivity contribution is 0.660. The van der Waals surface area contributed by atoms with Crippen molar-refractivity contribution in [1.29, 1.82) is 0 Å². The molecule has 0 N–H and O–H groups in total. The topological polar surface area (TPSA) is 3.24 Å². The third kappa shape index (κ3) is 5.67. The van der Waals surface area contributed by atoms with E-state index in [1.807, 2.05) is 17.4 Å². The second kappa shape index (κ2) is 15.5. The van der Waals surface area contributed by atoms with Crippen molar-refractivity contribution in [2.24, 2.45) is 0 Å². The van der Waals surface area contributed by atoms with Gasteiger partial charge in [-0.25, -0.2) is 0 Å². The van der Waals surface area contributed by atoms with Gasteiger partial charge in [0.05, 0.1) is 11.1 Å². The minimum absolute atomic E-state index is 0.202. The molecule has 73 heavy (non-hydrogen) atoms. The summed E-state index contributed by atoms with van der Waals surface area (Å²) in [5.41, 5.74) is 22.0. The number of nitrogens with zero attached hydrogens (tertiary/aromatic N) is 1. The number of allylic oxidation sites excluding steroid dienone is 1. The highest BCUT2D eigenvalue weighted by Gasteiger charge is 2.52. The summed E-state index contributed by atoms with van der Waals surface area (Å²) in [5.74, 6) is 0. The van der Waals surface area contributed by atoms with Gasteiger partial charge in [0.15, 0.2) is 0 Å². The predicted molar refractivity (Wildman–Crippen MR) is 313 cm³/mol. The lowest BCUT2D eigenvalue weighted by atomic mass is 9.70. The second-order valence-electron chi connectivity index (χ2n) is 20.7. The van der Waals surface area contributed by atoms with Crippen molar-refractivity contribution in [1.82, 2.24) is 0 Å². The highest BCUT2D eigenvalue weighted by atomic mass is 32.1. The molecule has 0 fully saturated rings. The molecule has 0 saturated carbocycles. The maximum absolute atomic E-state index is 4.26. The Labute approximate surface area is 430 Å². The SMILES string of the molecule is C=Cc1sc2ccc(-c3cc4c(cc3N(c3ccc5c(c3)C(C)(C)c3ccccc3-5)c3ccc5c6ccccc6c6ccccc6c5c3)C3(c5ccccc5-c5ccccc53)c3ccccc3-4)cc2c1/C=C\C. The summed E-state index contributed by atoms with van der Waals surface area (Å²) in [6.45, 7) is 11.2. The van der Waals surface area contributed by atoms with Crippen LogP contribution in [0.3, 0.4) is 0 Å². The first-order chi connectivity index (χ1) is 35.9. The molecule has 1 heterocycles. The molecule has 0 atom stereocenters. The van der Waals surface area contributed by atoms with Gasteiger partial charge in [-0.05, 0) is 166 Å². The van der Waals surface area contributed by atoms with Gasteiger partial charge in [-0.1, -0.05) is 202 Å². The molecule has 344 valence electrons. The van der Waals surface area contributed by atoms with Gasteiger partial charge in [0.2, 0.25) is 0 Å². The Balaban J connectivity index is 1.09. The van der Waals surface area contributed by atoms with Crippen molar-refractivity contribution >= 4 is 83.0 Å². The van der Waals surface area contributed by atoms with Crippen LogP contribution in [0.4, 0.5) is 17.1 Å². The fraction of sp³-hybridized carbons (Fsp3) is 0.0704. The van der Waals surface area contributed by atoms with Crippen LogP contribution in [0.15, 0.2) is 225 Å². The van der Waals surface area contributed by atoms with E-state index in [2.05, 4.69) is 257 Å². The minimum atomic E-state index is -0.534. The van der Waals surface area contributed by atoms with Crippen LogP contribution in [0.5, 0.6) is 0 Å². The standard InChI is InChI=1S/C71H49NS/c1-5-19-56-60-38-43(32-37-69(60)73-68(56)6-2)57-41-59-54-27-14-18-31-64(54)71(62-29-16-12-25-52(62)53-26-13-17-30-63(53)71)66(59)42-67(57)72(45-34-36-55-51-24-11-15-28-61(51)70(3,4)65(55)40-45)44-33-35-50-48-22-8-7-20-46(48)47-21-9-10-23-49(47)58(50)39-44/h5-42H,2H2,1,3-4H3/b19-5-. The number of anilines is 3. The monoisotopic (exact) mass is 947 g/mol. The Morgan fingerprint density at radius 1 is 0.411 bits per heavy atom. The number of hydrogen-bond acceptors (Lipinski definition) is 2. The van der Waals surface area contributed by atoms with Crippen LogP contribution in [0.25, 0.3) is 99.1 Å². The minimum Gasteiger partial charge on any atom is -0.310 e. The number of hydrogen-bond donors (Lipinski definition) is 0. The van der Waals surface area contributed by atoms with Gasteiger partial charge in [-0.15, -0.1) is 11.3 Å². The van der Waals surface area contributed by atoms with Crippen molar-refractivity contribution in [2.75, 3.05) is 4.90 Å². The molecule has 15 rings (SSSR count). The molecule has 3 aliphatic carbocycles. The molecule has 2 heteroatoms. The maximum atomic E-state index is 4.26. The number of benzene rings is 11. The van der Waals surface area contributed by atoms with Crippen LogP contribution in [0, 0.1) is 0 Å². The molecule has 12 aromatic rings. The molecule has 1 nitrogen and oxygen atoms in total. The average Bonchev–Trinajstić information content (AvgIpc) is 4.22. The summed E-state index contributed by atoms with van der Waals surface area (Å²) in [6.07, 6.45) is 6.41. The summed E-state index contributed by atoms with van der Waals surface area (Å²) < 4.78 is 1.25. The van der Waals surface area contributed by atoms with Crippen molar-refractivity contribution in [2.45, 2.75) is 31.6 Å². The van der Waals surface area contributed by atoms with Crippen LogP contribution in [-0.2, 0) is 10.8 Å². The molecule has 0 amide bonds. The fourth-order valence-electron chi connectivity index (χ4n) is 13.6. The first-order valence-corrected chi connectivity index (χ1v) is 26.4. The Morgan fingerprint density at radius 2 is 0.918 bits per heavy atom. The van der Waals surface area contributed by atoms with E-state index in [4.69, 9.17) is 0 Å². The predicted octanol–water partition coefficient (Wildman–Crippen LogP) is 19.8. The van der Waals surface area contributed by atoms with Gasteiger partial charge in [0, 0.05) is 37.3 Å². The van der Waals surface area contributed by atoms with Crippen molar-refractivity contribution in [3.63, 3.8) is 0 Å². The summed E-state index contributed by atoms with van der Waals surface area (Å²) in [7, 11) is 0. The van der Waals surface area contributed by atoms with E-state index in [0.29, 0.717) is 0 Å². The zero-order valence-corrected chi connectivity index (χ0v) is 41.8. The molecule has 0 aliphatic heterocycles. The van der Waals surface area contributed by atoms with Gasteiger partial charge in [0.1, 0.15) is 0 Å². The smallest absolute Gasteiger partial charge is 0.0726 e. The van der Waals surface area contributed by atoms with E-state index in [-0.39, 0.29) is 5.41 Å². The van der Waals surface area contributed by atoms with E-state index in [1.165, 1.54) is 131 Å². The number of rotatable bonds is 6. The first kappa shape index (κ1) is 42.2. The zero-order valence-electron chi connectivity index (χ0n) is 41.0. The van der Waals surface area contributed by atoms with Gasteiger partial charge >= 0.3 is 0 Å². The first-order valence-electron chi connectivity index (χ1n) is 25.6. The van der Waals surface area contributed by atoms with Gasteiger partial charge in [0.25, 0.3) is 0 Å². The third-order valence-electron chi connectivity index (χ3n) is 16.8. The Hall–Kier alpha value is -8.56. The summed E-state index contributed by atoms with van der Waals surface area (Å²) in [5, 5.41) is 8.80. The molecular weight excluding hydrogens is 899 g/mol. The van der Waals surface area contributed by atoms with E-state index in [0.717, 1.165) is 17.1 Å². The molecular formula is C71H49NS. The highest BCUT2D eigenvalue weighted by molar-refractivity contribution is 7.20. The molecule has 1 aromatic heterocycles. The molecule has 0 radical (unpaired) electrons. The van der Waals surface area contributed by atoms with Gasteiger partial charge in [-0.3, -0.25) is 0 Å². The van der Waals surface area contributed by atoms with E-state index in [1.54, 1.807) is 0 Å². The highest BCUT2D eigenvalue weighted by Crippen LogP contribution is 2.64. The van der Waals surface area contributed by atoms with Gasteiger partial charge < -0.3 is 4.90 Å². The molecule has 11 aromatic carbocycles. The summed E-state index contributed by atoms with van der Waals surface area (Å²) >= 11 is 1.81. The molecule has 3 aliphatic rings. The quantitative estimate of drug-likeness (QED) is 0.150. The van der Waals surface area contributed by atoms with Gasteiger partial charge in [-0.2, -0.15) is 0 Å². The van der Waals surface area contributed by atoms with Crippen molar-refractivity contribution in [3.05, 3.63) is 269 Å². The molecule has 0 bridgehead atoms. The molecule has 1 spiro atoms. The number of fused-ring (bicyclic) bond motifs is 20. The van der Waals surface area contributed by atoms with Crippen LogP contribution >= 0.6 is 11.3 Å². The van der Waals surface area contributed by atoms with Crippen LogP contribution in [0.2, 0.25) is 0 Å². The van der Waals surface area contributed by atoms with Crippen LogP contribution in [0.1, 0.15) is 64.6 Å². The molecule has 0 saturated heterocycles. The Morgan fingerprint density at radius 3 is 1.53 bits per heavy atom. The molecule has 0 unspecified atom stereocenters. The normalized spacial score (nSPS) is 14.2. The lowest BCUT2D eigenvalue weighted by Crippen LogP contribution is -2.26. The average molecular weight is 948 g/mol. The number of thiophene rings is 1. The van der Waals surface area contributed by atoms with E-state index >= 15 is 0 Å². The van der Waals surface area contributed by atoms with Crippen LogP contribution in [-0.4, -0.2) is 0 Å². The summed E-state index contributed by atoms with van der Waals surface area (Å²) in [4.78, 5) is 3.79. The van der Waals surface area contributed by atoms with Crippen molar-refractivity contribution < 1.29 is 0 Å². The lowest BCUT2D eigenvalue weighted by Gasteiger charge is -2.34. The Kier molecular flexibility index (Phi) is 8.93. The zero-order chi connectivity index (χ0) is 48.7. The fourth-order valence-corrected chi connectivity index (χ4v) is 14.7. The largest absolute Gasteiger partial charge is 0.310 e.